The molecule has 0 spiro atoms. The van der Waals surface area contributed by atoms with E-state index in [2.05, 4.69) is 15.7 Å². The molecule has 2 rings (SSSR count). The summed E-state index contributed by atoms with van der Waals surface area (Å²) in [7, 11) is 0. The smallest absolute Gasteiger partial charge is 0.391 e. The van der Waals surface area contributed by atoms with Gasteiger partial charge in [-0.15, -0.1) is 0 Å². The van der Waals surface area contributed by atoms with Crippen LogP contribution in [0, 0.1) is 5.92 Å². The molecule has 1 fully saturated rings. The molecule has 20 heavy (non-hydrogen) atoms. The molecule has 2 unspecified atom stereocenters. The van der Waals surface area contributed by atoms with E-state index in [1.807, 2.05) is 0 Å². The van der Waals surface area contributed by atoms with Crippen LogP contribution >= 0.6 is 0 Å². The molecular formula is C11H15F3N4O2. The van der Waals surface area contributed by atoms with Crippen LogP contribution in [0.4, 0.5) is 13.2 Å². The van der Waals surface area contributed by atoms with Gasteiger partial charge in [-0.05, 0) is 6.07 Å². The molecule has 1 amide bonds. The Morgan fingerprint density at radius 3 is 2.85 bits per heavy atom. The summed E-state index contributed by atoms with van der Waals surface area (Å²) in [6, 6.07) is 0.817. The molecule has 2 heterocycles. The number of β-amino-alcohol motifs (C(OH)–C–C–N with tert-alkyl or cyclic N) is 1. The average molecular weight is 292 g/mol. The van der Waals surface area contributed by atoms with E-state index < -0.39 is 23.9 Å². The predicted molar refractivity (Wildman–Crippen MR) is 62.6 cm³/mol. The van der Waals surface area contributed by atoms with Crippen molar-refractivity contribution >= 4 is 5.91 Å². The van der Waals surface area contributed by atoms with E-state index >= 15 is 0 Å². The number of aliphatic hydroxyl groups excluding tert-OH is 1. The van der Waals surface area contributed by atoms with Gasteiger partial charge in [-0.25, -0.2) is 0 Å². The number of hydrogen-bond acceptors (Lipinski definition) is 4. The monoisotopic (exact) mass is 292 g/mol. The summed E-state index contributed by atoms with van der Waals surface area (Å²) in [6.45, 7) is 1.07. The molecule has 2 atom stereocenters. The van der Waals surface area contributed by atoms with Crippen LogP contribution in [0.1, 0.15) is 5.69 Å². The number of rotatable bonds is 4. The second-order valence-corrected chi connectivity index (χ2v) is 4.69. The van der Waals surface area contributed by atoms with Crippen molar-refractivity contribution in [3.63, 3.8) is 0 Å². The zero-order chi connectivity index (χ0) is 14.8. The first kappa shape index (κ1) is 14.8. The maximum atomic E-state index is 12.3. The maximum absolute atomic E-state index is 12.3. The highest BCUT2D eigenvalue weighted by molar-refractivity contribution is 5.75. The molecule has 0 bridgehead atoms. The molecule has 0 aliphatic carbocycles. The number of amides is 1. The highest BCUT2D eigenvalue weighted by Crippen LogP contribution is 2.27. The first-order valence-electron chi connectivity index (χ1n) is 6.12. The van der Waals surface area contributed by atoms with Gasteiger partial charge in [-0.1, -0.05) is 0 Å². The molecule has 1 aromatic rings. The Balaban J connectivity index is 1.81. The highest BCUT2D eigenvalue weighted by Gasteiger charge is 2.33. The summed E-state index contributed by atoms with van der Waals surface area (Å²) in [5.74, 6) is -0.525. The van der Waals surface area contributed by atoms with Crippen LogP contribution in [0.15, 0.2) is 12.3 Å². The number of aromatic nitrogens is 2. The van der Waals surface area contributed by atoms with Crippen LogP contribution in [0.5, 0.6) is 0 Å². The topological polar surface area (TPSA) is 79.2 Å². The van der Waals surface area contributed by atoms with Gasteiger partial charge in [0.25, 0.3) is 0 Å². The van der Waals surface area contributed by atoms with Gasteiger partial charge in [-0.2, -0.15) is 18.3 Å². The summed E-state index contributed by atoms with van der Waals surface area (Å²) < 4.78 is 37.9. The first-order chi connectivity index (χ1) is 9.36. The molecule has 1 aromatic heterocycles. The molecule has 0 saturated carbocycles. The lowest BCUT2D eigenvalue weighted by Gasteiger charge is -2.14. The van der Waals surface area contributed by atoms with Crippen LogP contribution in [0.3, 0.4) is 0 Å². The van der Waals surface area contributed by atoms with Gasteiger partial charge in [-0.3, -0.25) is 9.48 Å². The van der Waals surface area contributed by atoms with E-state index in [9.17, 15) is 23.1 Å². The SMILES string of the molecule is O=C(Cn1ccc(C(F)(F)F)n1)NCC1CNCC1O. The molecule has 1 aliphatic heterocycles. The summed E-state index contributed by atoms with van der Waals surface area (Å²) in [5.41, 5.74) is -1.03. The summed E-state index contributed by atoms with van der Waals surface area (Å²) >= 11 is 0. The summed E-state index contributed by atoms with van der Waals surface area (Å²) in [6.07, 6.45) is -3.92. The molecule has 6 nitrogen and oxygen atoms in total. The standard InChI is InChI=1S/C11H15F3N4O2/c12-11(13,14)9-1-2-18(17-9)6-10(20)16-4-7-3-15-5-8(7)19/h1-2,7-8,15,19H,3-6H2,(H,16,20). The third-order valence-corrected chi connectivity index (χ3v) is 3.10. The molecule has 1 aliphatic rings. The second-order valence-electron chi connectivity index (χ2n) is 4.69. The molecule has 3 N–H and O–H groups in total. The fraction of sp³-hybridized carbons (Fsp3) is 0.636. The van der Waals surface area contributed by atoms with Gasteiger partial charge < -0.3 is 15.7 Å². The number of alkyl halides is 3. The van der Waals surface area contributed by atoms with Gasteiger partial charge in [0.1, 0.15) is 6.54 Å². The van der Waals surface area contributed by atoms with Crippen molar-refractivity contribution in [3.05, 3.63) is 18.0 Å². The van der Waals surface area contributed by atoms with Crippen molar-refractivity contribution in [1.82, 2.24) is 20.4 Å². The van der Waals surface area contributed by atoms with Crippen molar-refractivity contribution in [1.29, 1.82) is 0 Å². The first-order valence-corrected chi connectivity index (χ1v) is 6.12. The van der Waals surface area contributed by atoms with Crippen molar-refractivity contribution in [2.45, 2.75) is 18.8 Å². The van der Waals surface area contributed by atoms with Gasteiger partial charge >= 0.3 is 6.18 Å². The number of halogens is 3. The molecule has 9 heteroatoms. The lowest BCUT2D eigenvalue weighted by atomic mass is 10.1. The molecule has 1 saturated heterocycles. The van der Waals surface area contributed by atoms with Gasteiger partial charge in [0, 0.05) is 31.7 Å². The molecule has 112 valence electrons. The third-order valence-electron chi connectivity index (χ3n) is 3.10. The summed E-state index contributed by atoms with van der Waals surface area (Å²) in [4.78, 5) is 11.6. The third kappa shape index (κ3) is 3.70. The zero-order valence-electron chi connectivity index (χ0n) is 10.5. The van der Waals surface area contributed by atoms with Crippen LogP contribution in [-0.4, -0.2) is 46.5 Å². The number of nitrogens with one attached hydrogen (secondary N) is 2. The predicted octanol–water partition coefficient (Wildman–Crippen LogP) is -0.402. The largest absolute Gasteiger partial charge is 0.435 e. The van der Waals surface area contributed by atoms with E-state index in [0.717, 1.165) is 16.9 Å². The number of aliphatic hydroxyl groups is 1. The second kappa shape index (κ2) is 5.80. The Labute approximate surface area is 113 Å². The van der Waals surface area contributed by atoms with Crippen LogP contribution in [-0.2, 0) is 17.5 Å². The fourth-order valence-corrected chi connectivity index (χ4v) is 1.98. The lowest BCUT2D eigenvalue weighted by Crippen LogP contribution is -2.36. The lowest BCUT2D eigenvalue weighted by molar-refractivity contribution is -0.141. The van der Waals surface area contributed by atoms with Gasteiger partial charge in [0.15, 0.2) is 5.69 Å². The number of carbonyl (C=O) groups excluding carboxylic acids is 1. The van der Waals surface area contributed by atoms with E-state index in [1.165, 1.54) is 0 Å². The van der Waals surface area contributed by atoms with Crippen LogP contribution in [0.25, 0.3) is 0 Å². The Hall–Kier alpha value is -1.61. The van der Waals surface area contributed by atoms with Gasteiger partial charge in [0.05, 0.1) is 6.10 Å². The average Bonchev–Trinajstić information content (AvgIpc) is 2.95. The van der Waals surface area contributed by atoms with Crippen molar-refractivity contribution < 1.29 is 23.1 Å². The normalized spacial score (nSPS) is 23.0. The van der Waals surface area contributed by atoms with E-state index in [0.29, 0.717) is 13.1 Å². The molecular weight excluding hydrogens is 277 g/mol. The maximum Gasteiger partial charge on any atom is 0.435 e. The number of hydrogen-bond donors (Lipinski definition) is 3. The minimum atomic E-state index is -4.51. The number of carbonyl (C=O) groups is 1. The van der Waals surface area contributed by atoms with Crippen LogP contribution < -0.4 is 10.6 Å². The van der Waals surface area contributed by atoms with Crippen LogP contribution in [0.2, 0.25) is 0 Å². The van der Waals surface area contributed by atoms with Gasteiger partial charge in [0.2, 0.25) is 5.91 Å². The molecule has 0 aromatic carbocycles. The Bertz CT molecular complexity index is 474. The van der Waals surface area contributed by atoms with Crippen molar-refractivity contribution in [3.8, 4) is 0 Å². The summed E-state index contributed by atoms with van der Waals surface area (Å²) in [5, 5.41) is 18.4. The Kier molecular flexibility index (Phi) is 4.29. The van der Waals surface area contributed by atoms with Crippen molar-refractivity contribution in [2.24, 2.45) is 5.92 Å². The molecule has 0 radical (unpaired) electrons. The quantitative estimate of drug-likeness (QED) is 0.705. The minimum Gasteiger partial charge on any atom is -0.391 e. The fourth-order valence-electron chi connectivity index (χ4n) is 1.98. The van der Waals surface area contributed by atoms with E-state index in [-0.39, 0.29) is 19.0 Å². The van der Waals surface area contributed by atoms with E-state index in [4.69, 9.17) is 0 Å². The van der Waals surface area contributed by atoms with Crippen molar-refractivity contribution in [2.75, 3.05) is 19.6 Å². The highest BCUT2D eigenvalue weighted by atomic mass is 19.4. The minimum absolute atomic E-state index is 0.0812. The van der Waals surface area contributed by atoms with E-state index in [1.54, 1.807) is 0 Å². The zero-order valence-corrected chi connectivity index (χ0v) is 10.5. The number of nitrogens with zero attached hydrogens (tertiary/aromatic N) is 2. The Morgan fingerprint density at radius 1 is 1.55 bits per heavy atom. The Morgan fingerprint density at radius 2 is 2.30 bits per heavy atom.